The number of amides is 1. The van der Waals surface area contributed by atoms with Gasteiger partial charge in [0.25, 0.3) is 5.91 Å². The van der Waals surface area contributed by atoms with Gasteiger partial charge in [-0.2, -0.15) is 0 Å². The van der Waals surface area contributed by atoms with Crippen molar-refractivity contribution in [2.45, 2.75) is 64.0 Å². The van der Waals surface area contributed by atoms with Gasteiger partial charge < -0.3 is 15.0 Å². The molecule has 1 saturated carbocycles. The van der Waals surface area contributed by atoms with E-state index in [1.165, 1.54) is 19.3 Å². The number of carbonyl (C=O) groups is 1. The van der Waals surface area contributed by atoms with E-state index >= 15 is 0 Å². The van der Waals surface area contributed by atoms with E-state index in [1.54, 1.807) is 6.20 Å². The summed E-state index contributed by atoms with van der Waals surface area (Å²) >= 11 is 0. The van der Waals surface area contributed by atoms with Crippen LogP contribution >= 0.6 is 0 Å². The number of aryl methyl sites for hydroxylation is 1. The Hall–Kier alpha value is -2.47. The third kappa shape index (κ3) is 4.81. The molecule has 2 aliphatic rings. The first-order chi connectivity index (χ1) is 14.6. The van der Waals surface area contributed by atoms with E-state index in [1.807, 2.05) is 12.1 Å². The van der Waals surface area contributed by atoms with Crippen LogP contribution in [0.5, 0.6) is 0 Å². The van der Waals surface area contributed by atoms with Crippen LogP contribution in [-0.2, 0) is 4.74 Å². The molecular weight excluding hydrogens is 376 g/mol. The number of aromatic nitrogens is 2. The van der Waals surface area contributed by atoms with Gasteiger partial charge in [-0.3, -0.25) is 4.79 Å². The summed E-state index contributed by atoms with van der Waals surface area (Å²) in [4.78, 5) is 24.7. The predicted molar refractivity (Wildman–Crippen MR) is 119 cm³/mol. The Balaban J connectivity index is 1.62. The summed E-state index contributed by atoms with van der Waals surface area (Å²) in [6.07, 6.45) is 9.87. The van der Waals surface area contributed by atoms with E-state index < -0.39 is 0 Å². The zero-order valence-electron chi connectivity index (χ0n) is 18.1. The lowest BCUT2D eigenvalue weighted by atomic mass is 9.94. The Morgan fingerprint density at radius 2 is 2.03 bits per heavy atom. The average Bonchev–Trinajstić information content (AvgIpc) is 3.31. The zero-order valence-corrected chi connectivity index (χ0v) is 18.1. The van der Waals surface area contributed by atoms with Crippen molar-refractivity contribution in [3.63, 3.8) is 0 Å². The molecule has 1 aliphatic heterocycles. The van der Waals surface area contributed by atoms with Crippen LogP contribution in [-0.4, -0.2) is 48.2 Å². The predicted octanol–water partition coefficient (Wildman–Crippen LogP) is 4.13. The number of carbonyl (C=O) groups excluding carboxylic acids is 1. The monoisotopic (exact) mass is 408 g/mol. The molecule has 1 saturated heterocycles. The van der Waals surface area contributed by atoms with Gasteiger partial charge in [-0.25, -0.2) is 9.97 Å². The van der Waals surface area contributed by atoms with Gasteiger partial charge in [0.1, 0.15) is 11.4 Å². The molecule has 160 valence electrons. The first-order valence-electron chi connectivity index (χ1n) is 11.2. The molecule has 1 aromatic carbocycles. The molecule has 2 heterocycles. The molecule has 6 heteroatoms. The van der Waals surface area contributed by atoms with Crippen molar-refractivity contribution >= 4 is 11.7 Å². The van der Waals surface area contributed by atoms with Crippen LogP contribution in [0.2, 0.25) is 0 Å². The Morgan fingerprint density at radius 3 is 2.77 bits per heavy atom. The van der Waals surface area contributed by atoms with Crippen LogP contribution in [0, 0.1) is 6.92 Å². The minimum atomic E-state index is -0.126. The second-order valence-electron chi connectivity index (χ2n) is 8.55. The molecule has 6 nitrogen and oxygen atoms in total. The summed E-state index contributed by atoms with van der Waals surface area (Å²) in [5.74, 6) is 1.25. The van der Waals surface area contributed by atoms with Gasteiger partial charge in [0.15, 0.2) is 5.82 Å². The van der Waals surface area contributed by atoms with Crippen molar-refractivity contribution in [2.24, 2.45) is 0 Å². The summed E-state index contributed by atoms with van der Waals surface area (Å²) in [5, 5.41) is 3.04. The zero-order chi connectivity index (χ0) is 20.9. The van der Waals surface area contributed by atoms with Gasteiger partial charge in [-0.05, 0) is 38.7 Å². The van der Waals surface area contributed by atoms with Crippen LogP contribution in [0.1, 0.15) is 60.9 Å². The molecule has 0 bridgehead atoms. The van der Waals surface area contributed by atoms with E-state index in [9.17, 15) is 4.79 Å². The fourth-order valence-electron chi connectivity index (χ4n) is 4.47. The van der Waals surface area contributed by atoms with E-state index in [2.05, 4.69) is 41.3 Å². The molecule has 1 aromatic heterocycles. The maximum atomic E-state index is 13.0. The van der Waals surface area contributed by atoms with E-state index in [4.69, 9.17) is 9.72 Å². The Bertz CT molecular complexity index is 873. The summed E-state index contributed by atoms with van der Waals surface area (Å²) in [6, 6.07) is 8.58. The van der Waals surface area contributed by atoms with Crippen LogP contribution in [0.4, 0.5) is 5.82 Å². The highest BCUT2D eigenvalue weighted by Gasteiger charge is 2.25. The molecular formula is C24H32N4O2. The molecule has 1 N–H and O–H groups in total. The lowest BCUT2D eigenvalue weighted by Gasteiger charge is -2.33. The van der Waals surface area contributed by atoms with Crippen LogP contribution < -0.4 is 10.2 Å². The highest BCUT2D eigenvalue weighted by Crippen LogP contribution is 2.29. The van der Waals surface area contributed by atoms with Gasteiger partial charge in [0.05, 0.1) is 6.10 Å². The standard InChI is InChI=1S/C24H32N4O2/c1-17-8-6-9-18(14-17)22-25-16-21(24(29)26-15-20-12-7-13-30-20)23(27-22)28(2)19-10-4-3-5-11-19/h6,8-9,14,16,19-20H,3-5,7,10-13,15H2,1-2H3,(H,26,29)/t20-/m0/s1. The van der Waals surface area contributed by atoms with E-state index in [0.29, 0.717) is 24.0 Å². The van der Waals surface area contributed by atoms with Gasteiger partial charge in [-0.15, -0.1) is 0 Å². The molecule has 30 heavy (non-hydrogen) atoms. The van der Waals surface area contributed by atoms with Crippen molar-refractivity contribution in [2.75, 3.05) is 25.1 Å². The van der Waals surface area contributed by atoms with Crippen LogP contribution in [0.25, 0.3) is 11.4 Å². The molecule has 1 aliphatic carbocycles. The van der Waals surface area contributed by atoms with Crippen molar-refractivity contribution in [1.29, 1.82) is 0 Å². The molecule has 1 atom stereocenters. The number of ether oxygens (including phenoxy) is 1. The third-order valence-corrected chi connectivity index (χ3v) is 6.26. The van der Waals surface area contributed by atoms with Crippen LogP contribution in [0.15, 0.2) is 30.5 Å². The second kappa shape index (κ2) is 9.56. The maximum absolute atomic E-state index is 13.0. The normalized spacial score (nSPS) is 19.6. The quantitative estimate of drug-likeness (QED) is 0.778. The fourth-order valence-corrected chi connectivity index (χ4v) is 4.47. The lowest BCUT2D eigenvalue weighted by molar-refractivity contribution is 0.0857. The Labute approximate surface area is 179 Å². The topological polar surface area (TPSA) is 67.3 Å². The number of nitrogens with one attached hydrogen (secondary N) is 1. The highest BCUT2D eigenvalue weighted by atomic mass is 16.5. The molecule has 0 spiro atoms. The summed E-state index contributed by atoms with van der Waals surface area (Å²) in [7, 11) is 2.06. The lowest BCUT2D eigenvalue weighted by Crippen LogP contribution is -2.37. The number of nitrogens with zero attached hydrogens (tertiary/aromatic N) is 3. The molecule has 0 unspecified atom stereocenters. The van der Waals surface area contributed by atoms with Gasteiger partial charge >= 0.3 is 0 Å². The molecule has 4 rings (SSSR count). The fraction of sp³-hybridized carbons (Fsp3) is 0.542. The molecule has 2 fully saturated rings. The number of anilines is 1. The number of benzene rings is 1. The summed E-state index contributed by atoms with van der Waals surface area (Å²) in [5.41, 5.74) is 2.67. The number of rotatable bonds is 6. The van der Waals surface area contributed by atoms with E-state index in [-0.39, 0.29) is 12.0 Å². The minimum Gasteiger partial charge on any atom is -0.376 e. The molecule has 2 aromatic rings. The van der Waals surface area contributed by atoms with Crippen molar-refractivity contribution in [1.82, 2.24) is 15.3 Å². The summed E-state index contributed by atoms with van der Waals surface area (Å²) in [6.45, 7) is 3.38. The number of hydrogen-bond donors (Lipinski definition) is 1. The van der Waals surface area contributed by atoms with Gasteiger partial charge in [0.2, 0.25) is 0 Å². The second-order valence-corrected chi connectivity index (χ2v) is 8.55. The first-order valence-corrected chi connectivity index (χ1v) is 11.2. The first kappa shape index (κ1) is 20.8. The van der Waals surface area contributed by atoms with E-state index in [0.717, 1.165) is 49.2 Å². The summed E-state index contributed by atoms with van der Waals surface area (Å²) < 4.78 is 5.64. The third-order valence-electron chi connectivity index (χ3n) is 6.26. The number of hydrogen-bond acceptors (Lipinski definition) is 5. The van der Waals surface area contributed by atoms with Gasteiger partial charge in [-0.1, -0.05) is 43.0 Å². The van der Waals surface area contributed by atoms with Crippen molar-refractivity contribution < 1.29 is 9.53 Å². The minimum absolute atomic E-state index is 0.112. The van der Waals surface area contributed by atoms with Crippen LogP contribution in [0.3, 0.4) is 0 Å². The van der Waals surface area contributed by atoms with Crippen molar-refractivity contribution in [3.8, 4) is 11.4 Å². The van der Waals surface area contributed by atoms with Crippen molar-refractivity contribution in [3.05, 3.63) is 41.6 Å². The Kier molecular flexibility index (Phi) is 6.62. The Morgan fingerprint density at radius 1 is 1.20 bits per heavy atom. The average molecular weight is 409 g/mol. The maximum Gasteiger partial charge on any atom is 0.256 e. The molecule has 0 radical (unpaired) electrons. The largest absolute Gasteiger partial charge is 0.376 e. The highest BCUT2D eigenvalue weighted by molar-refractivity contribution is 5.99. The molecule has 1 amide bonds. The smallest absolute Gasteiger partial charge is 0.256 e. The SMILES string of the molecule is Cc1cccc(-c2ncc(C(=O)NC[C@@H]3CCCO3)c(N(C)C3CCCCC3)n2)c1. The van der Waals surface area contributed by atoms with Gasteiger partial charge in [0, 0.05) is 38.0 Å².